The molecule has 1 heterocycles. The van der Waals surface area contributed by atoms with E-state index in [1.54, 1.807) is 0 Å². The number of hydrogen-bond acceptors (Lipinski definition) is 2. The monoisotopic (exact) mass is 932 g/mol. The second-order valence-corrected chi connectivity index (χ2v) is 21.6. The van der Waals surface area contributed by atoms with Crippen LogP contribution in [0.25, 0.3) is 55.3 Å². The summed E-state index contributed by atoms with van der Waals surface area (Å²) in [5.41, 5.74) is 26.9. The smallest absolute Gasteiger partial charge is 0.0755 e. The number of fused-ring (bicyclic) bond motifs is 16. The number of rotatable bonds is 5. The van der Waals surface area contributed by atoms with Crippen molar-refractivity contribution in [2.75, 3.05) is 9.80 Å². The van der Waals surface area contributed by atoms with Crippen molar-refractivity contribution >= 4 is 44.9 Å². The Morgan fingerprint density at radius 3 is 1.33 bits per heavy atom. The fourth-order valence-electron chi connectivity index (χ4n) is 13.8. The van der Waals surface area contributed by atoms with Crippen molar-refractivity contribution in [2.24, 2.45) is 0 Å². The molecule has 4 aliphatic rings. The average molecular weight is 933 g/mol. The van der Waals surface area contributed by atoms with Crippen molar-refractivity contribution in [3.8, 4) is 44.5 Å². The molecule has 2 nitrogen and oxygen atoms in total. The van der Waals surface area contributed by atoms with Crippen molar-refractivity contribution in [1.29, 1.82) is 0 Å². The van der Waals surface area contributed by atoms with Crippen LogP contribution in [0.5, 0.6) is 0 Å². The largest absolute Gasteiger partial charge is 0.310 e. The SMILES string of the molecule is CC1(C)c2ccccc2-c2ccc(N(c3ccc4c(c3)C(C)(C)c3cc(-c5ccc6ccccc6c5)ccc3-4)c3ccc4c(c3)C3(c5ccccc5-4)c4ccccc4N(c4ccccc4)c4ccccc43)cc21. The Bertz CT molecular complexity index is 4070. The van der Waals surface area contributed by atoms with Gasteiger partial charge in [0.05, 0.1) is 16.8 Å². The standard InChI is InChI=1S/C71H52N2/c1-69(2)59-24-12-10-22-53(59)56-37-33-50(42-64(56)69)72(51-34-38-57-55-36-32-48(41-63(55)70(3,4)65(57)43-51)47-31-30-45-18-8-9-19-46(45)40-47)52-35-39-58-54-23-11-13-25-60(54)71(66(58)44-52)61-26-14-16-28-67(61)73(49-20-6-5-7-21-49)68-29-17-15-27-62(68)71/h5-44H,1-4H3. The number of para-hydroxylation sites is 3. The van der Waals surface area contributed by atoms with E-state index in [1.807, 2.05) is 0 Å². The van der Waals surface area contributed by atoms with E-state index in [0.29, 0.717) is 0 Å². The van der Waals surface area contributed by atoms with Crippen molar-refractivity contribution < 1.29 is 0 Å². The fourth-order valence-corrected chi connectivity index (χ4v) is 13.8. The van der Waals surface area contributed by atoms with Crippen LogP contribution in [0.4, 0.5) is 34.1 Å². The first kappa shape index (κ1) is 42.0. The third-order valence-electron chi connectivity index (χ3n) is 17.2. The zero-order valence-corrected chi connectivity index (χ0v) is 41.5. The molecule has 0 bridgehead atoms. The predicted molar refractivity (Wildman–Crippen MR) is 305 cm³/mol. The van der Waals surface area contributed by atoms with Gasteiger partial charge < -0.3 is 9.80 Å². The third-order valence-corrected chi connectivity index (χ3v) is 17.2. The van der Waals surface area contributed by atoms with Crippen LogP contribution in [0.15, 0.2) is 243 Å². The summed E-state index contributed by atoms with van der Waals surface area (Å²) in [6.07, 6.45) is 0. The fraction of sp³-hybridized carbons (Fsp3) is 0.0986. The molecule has 15 rings (SSSR count). The maximum atomic E-state index is 2.55. The van der Waals surface area contributed by atoms with E-state index in [-0.39, 0.29) is 10.8 Å². The highest BCUT2D eigenvalue weighted by molar-refractivity contribution is 5.98. The van der Waals surface area contributed by atoms with Gasteiger partial charge in [-0.1, -0.05) is 198 Å². The van der Waals surface area contributed by atoms with E-state index >= 15 is 0 Å². The molecule has 11 aromatic rings. The maximum absolute atomic E-state index is 2.55. The van der Waals surface area contributed by atoms with E-state index in [2.05, 4.69) is 280 Å². The molecule has 2 heteroatoms. The normalized spacial score (nSPS) is 15.2. The highest BCUT2D eigenvalue weighted by Crippen LogP contribution is 2.64. The van der Waals surface area contributed by atoms with E-state index in [1.165, 1.54) is 111 Å². The summed E-state index contributed by atoms with van der Waals surface area (Å²) in [6.45, 7) is 9.61. The number of nitrogens with zero attached hydrogens (tertiary/aromatic N) is 2. The Morgan fingerprint density at radius 2 is 0.699 bits per heavy atom. The van der Waals surface area contributed by atoms with Gasteiger partial charge in [0.15, 0.2) is 0 Å². The predicted octanol–water partition coefficient (Wildman–Crippen LogP) is 18.7. The van der Waals surface area contributed by atoms with Crippen molar-refractivity contribution in [3.05, 3.63) is 287 Å². The van der Waals surface area contributed by atoms with Gasteiger partial charge in [0.1, 0.15) is 0 Å². The Hall–Kier alpha value is -8.72. The summed E-state index contributed by atoms with van der Waals surface area (Å²) in [5, 5.41) is 2.53. The van der Waals surface area contributed by atoms with Gasteiger partial charge in [0, 0.05) is 33.6 Å². The van der Waals surface area contributed by atoms with Gasteiger partial charge in [0.25, 0.3) is 0 Å². The minimum Gasteiger partial charge on any atom is -0.310 e. The van der Waals surface area contributed by atoms with Gasteiger partial charge in [0.2, 0.25) is 0 Å². The summed E-state index contributed by atoms with van der Waals surface area (Å²) in [7, 11) is 0. The van der Waals surface area contributed by atoms with Gasteiger partial charge in [-0.3, -0.25) is 0 Å². The van der Waals surface area contributed by atoms with E-state index in [9.17, 15) is 0 Å². The molecular weight excluding hydrogens is 881 g/mol. The summed E-state index contributed by atoms with van der Waals surface area (Å²) in [5.74, 6) is 0. The van der Waals surface area contributed by atoms with Crippen LogP contribution in [0.1, 0.15) is 72.2 Å². The number of hydrogen-bond donors (Lipinski definition) is 0. The number of benzene rings is 11. The molecule has 0 N–H and O–H groups in total. The molecule has 0 saturated heterocycles. The molecule has 0 fully saturated rings. The van der Waals surface area contributed by atoms with E-state index in [4.69, 9.17) is 0 Å². The molecular formula is C71H52N2. The minimum atomic E-state index is -0.585. The van der Waals surface area contributed by atoms with Crippen molar-refractivity contribution in [2.45, 2.75) is 43.9 Å². The Morgan fingerprint density at radius 1 is 0.288 bits per heavy atom. The molecule has 11 aromatic carbocycles. The van der Waals surface area contributed by atoms with Crippen LogP contribution in [-0.2, 0) is 16.2 Å². The van der Waals surface area contributed by atoms with Crippen LogP contribution in [0.2, 0.25) is 0 Å². The highest BCUT2D eigenvalue weighted by atomic mass is 15.2. The molecule has 0 atom stereocenters. The average Bonchev–Trinajstić information content (AvgIpc) is 3.95. The van der Waals surface area contributed by atoms with Crippen LogP contribution >= 0.6 is 0 Å². The van der Waals surface area contributed by atoms with Crippen LogP contribution in [-0.4, -0.2) is 0 Å². The molecule has 3 aliphatic carbocycles. The van der Waals surface area contributed by atoms with E-state index in [0.717, 1.165) is 22.7 Å². The topological polar surface area (TPSA) is 6.48 Å². The molecule has 0 unspecified atom stereocenters. The van der Waals surface area contributed by atoms with Crippen molar-refractivity contribution in [3.63, 3.8) is 0 Å². The van der Waals surface area contributed by atoms with Gasteiger partial charge in [-0.05, 0) is 173 Å². The van der Waals surface area contributed by atoms with Crippen molar-refractivity contribution in [1.82, 2.24) is 0 Å². The lowest BCUT2D eigenvalue weighted by atomic mass is 9.64. The zero-order valence-electron chi connectivity index (χ0n) is 41.5. The number of anilines is 6. The van der Waals surface area contributed by atoms with Gasteiger partial charge >= 0.3 is 0 Å². The summed E-state index contributed by atoms with van der Waals surface area (Å²) in [4.78, 5) is 5.01. The zero-order chi connectivity index (χ0) is 48.8. The van der Waals surface area contributed by atoms with Gasteiger partial charge in [-0.25, -0.2) is 0 Å². The second-order valence-electron chi connectivity index (χ2n) is 21.6. The van der Waals surface area contributed by atoms with Crippen LogP contribution in [0.3, 0.4) is 0 Å². The molecule has 0 amide bonds. The first-order chi connectivity index (χ1) is 35.7. The highest BCUT2D eigenvalue weighted by Gasteiger charge is 2.52. The van der Waals surface area contributed by atoms with Crippen LogP contribution < -0.4 is 9.80 Å². The Balaban J connectivity index is 0.942. The molecule has 1 aliphatic heterocycles. The quantitative estimate of drug-likeness (QED) is 0.170. The Kier molecular flexibility index (Phi) is 8.72. The molecule has 0 saturated carbocycles. The maximum Gasteiger partial charge on any atom is 0.0755 e. The van der Waals surface area contributed by atoms with Gasteiger partial charge in [-0.15, -0.1) is 0 Å². The summed E-state index contributed by atoms with van der Waals surface area (Å²) >= 11 is 0. The lowest BCUT2D eigenvalue weighted by Gasteiger charge is -2.45. The summed E-state index contributed by atoms with van der Waals surface area (Å²) in [6, 6.07) is 91.7. The Labute approximate surface area is 428 Å². The molecule has 1 spiro atoms. The van der Waals surface area contributed by atoms with Gasteiger partial charge in [-0.2, -0.15) is 0 Å². The van der Waals surface area contributed by atoms with Crippen LogP contribution in [0, 0.1) is 0 Å². The molecule has 346 valence electrons. The second kappa shape index (κ2) is 15.2. The minimum absolute atomic E-state index is 0.165. The first-order valence-electron chi connectivity index (χ1n) is 25.8. The first-order valence-corrected chi connectivity index (χ1v) is 25.8. The molecule has 73 heavy (non-hydrogen) atoms. The third kappa shape index (κ3) is 5.75. The summed E-state index contributed by atoms with van der Waals surface area (Å²) < 4.78 is 0. The molecule has 0 radical (unpaired) electrons. The lowest BCUT2D eigenvalue weighted by Crippen LogP contribution is -2.36. The molecule has 0 aromatic heterocycles. The van der Waals surface area contributed by atoms with E-state index < -0.39 is 5.41 Å². The lowest BCUT2D eigenvalue weighted by molar-refractivity contribution is 0.660.